The number of rotatable bonds is 0. The maximum atomic E-state index is 2.53. The van der Waals surface area contributed by atoms with E-state index < -0.39 is 0 Å². The quantitative estimate of drug-likeness (QED) is 0.451. The zero-order valence-electron chi connectivity index (χ0n) is 12.5. The molecule has 106 valence electrons. The fraction of sp³-hybridized carbons (Fsp3) is 0.889. The summed E-state index contributed by atoms with van der Waals surface area (Å²) >= 11 is 0. The van der Waals surface area contributed by atoms with E-state index in [-0.39, 0.29) is 0 Å². The van der Waals surface area contributed by atoms with Gasteiger partial charge in [-0.1, -0.05) is 103 Å². The molecule has 0 aromatic carbocycles. The molecule has 1 aliphatic rings. The first-order valence-electron chi connectivity index (χ1n) is 8.63. The van der Waals surface area contributed by atoms with Gasteiger partial charge in [-0.3, -0.25) is 0 Å². The summed E-state index contributed by atoms with van der Waals surface area (Å²) in [5.41, 5.74) is 0. The minimum Gasteiger partial charge on any atom is -0.0533 e. The lowest BCUT2D eigenvalue weighted by Gasteiger charge is -2.05. The smallest absolute Gasteiger partial charge is 0.0386 e. The largest absolute Gasteiger partial charge is 0.0533 e. The van der Waals surface area contributed by atoms with Gasteiger partial charge in [0.25, 0.3) is 0 Å². The van der Waals surface area contributed by atoms with Crippen molar-refractivity contribution >= 4 is 0 Å². The third kappa shape index (κ3) is 11.1. The van der Waals surface area contributed by atoms with Gasteiger partial charge in [0.05, 0.1) is 0 Å². The van der Waals surface area contributed by atoms with Crippen LogP contribution in [-0.2, 0) is 0 Å². The zero-order chi connectivity index (χ0) is 12.7. The van der Waals surface area contributed by atoms with Gasteiger partial charge in [0, 0.05) is 0 Å². The average Bonchev–Trinajstić information content (AvgIpc) is 2.39. The Hall–Kier alpha value is 0. The van der Waals surface area contributed by atoms with Crippen LogP contribution in [0.25, 0.3) is 0 Å². The first-order chi connectivity index (χ1) is 9.00. The molecule has 0 heterocycles. The SMILES string of the molecule is [CH]1CCCC[CH]CCCCCCCCCCCC1. The molecular weight excluding hydrogens is 216 g/mol. The first kappa shape index (κ1) is 16.1. The molecular formula is C18H34. The lowest BCUT2D eigenvalue weighted by molar-refractivity contribution is 0.542. The highest BCUT2D eigenvalue weighted by Gasteiger charge is 1.96. The fourth-order valence-electron chi connectivity index (χ4n) is 2.86. The fourth-order valence-corrected chi connectivity index (χ4v) is 2.86. The lowest BCUT2D eigenvalue weighted by atomic mass is 10.0. The van der Waals surface area contributed by atoms with E-state index in [1.165, 1.54) is 103 Å². The summed E-state index contributed by atoms with van der Waals surface area (Å²) < 4.78 is 0. The van der Waals surface area contributed by atoms with Crippen LogP contribution in [0.15, 0.2) is 0 Å². The van der Waals surface area contributed by atoms with E-state index >= 15 is 0 Å². The van der Waals surface area contributed by atoms with E-state index in [4.69, 9.17) is 0 Å². The van der Waals surface area contributed by atoms with Crippen molar-refractivity contribution in [1.82, 2.24) is 0 Å². The topological polar surface area (TPSA) is 0 Å². The number of hydrogen-bond acceptors (Lipinski definition) is 0. The van der Waals surface area contributed by atoms with Crippen molar-refractivity contribution in [3.8, 4) is 0 Å². The second-order valence-electron chi connectivity index (χ2n) is 5.97. The van der Waals surface area contributed by atoms with E-state index in [1.807, 2.05) is 0 Å². The predicted octanol–water partition coefficient (Wildman–Crippen LogP) is 6.65. The van der Waals surface area contributed by atoms with E-state index in [1.54, 1.807) is 0 Å². The van der Waals surface area contributed by atoms with Crippen molar-refractivity contribution in [2.24, 2.45) is 0 Å². The van der Waals surface area contributed by atoms with E-state index in [0.29, 0.717) is 0 Å². The third-order valence-corrected chi connectivity index (χ3v) is 4.13. The summed E-state index contributed by atoms with van der Waals surface area (Å²) in [5.74, 6) is 0. The summed E-state index contributed by atoms with van der Waals surface area (Å²) in [6, 6.07) is 0. The first-order valence-corrected chi connectivity index (χ1v) is 8.63. The molecule has 0 aromatic heterocycles. The normalized spacial score (nSPS) is 24.0. The maximum Gasteiger partial charge on any atom is -0.0386 e. The monoisotopic (exact) mass is 250 g/mol. The molecule has 1 saturated carbocycles. The lowest BCUT2D eigenvalue weighted by Crippen LogP contribution is -1.86. The van der Waals surface area contributed by atoms with Crippen LogP contribution >= 0.6 is 0 Å². The Labute approximate surface area is 116 Å². The van der Waals surface area contributed by atoms with Crippen molar-refractivity contribution < 1.29 is 0 Å². The van der Waals surface area contributed by atoms with Gasteiger partial charge in [0.15, 0.2) is 0 Å². The molecule has 0 unspecified atom stereocenters. The van der Waals surface area contributed by atoms with Crippen LogP contribution in [0.1, 0.15) is 103 Å². The molecule has 0 bridgehead atoms. The van der Waals surface area contributed by atoms with Crippen LogP contribution < -0.4 is 0 Å². The Kier molecular flexibility index (Phi) is 12.0. The molecule has 0 saturated heterocycles. The Bertz CT molecular complexity index is 75.1. The molecule has 0 spiro atoms. The van der Waals surface area contributed by atoms with Gasteiger partial charge in [-0.2, -0.15) is 0 Å². The predicted molar refractivity (Wildman–Crippen MR) is 82.5 cm³/mol. The second kappa shape index (κ2) is 13.4. The molecule has 0 heteroatoms. The van der Waals surface area contributed by atoms with E-state index in [9.17, 15) is 0 Å². The Morgan fingerprint density at radius 1 is 0.278 bits per heavy atom. The van der Waals surface area contributed by atoms with E-state index in [2.05, 4.69) is 12.8 Å². The highest BCUT2D eigenvalue weighted by Crippen LogP contribution is 2.15. The molecule has 0 N–H and O–H groups in total. The van der Waals surface area contributed by atoms with Crippen molar-refractivity contribution in [2.75, 3.05) is 0 Å². The van der Waals surface area contributed by atoms with Crippen LogP contribution in [0.3, 0.4) is 0 Å². The molecule has 0 aliphatic heterocycles. The van der Waals surface area contributed by atoms with Crippen molar-refractivity contribution in [1.29, 1.82) is 0 Å². The minimum absolute atomic E-state index is 1.36. The molecule has 1 aliphatic carbocycles. The van der Waals surface area contributed by atoms with Gasteiger partial charge in [0.1, 0.15) is 0 Å². The zero-order valence-corrected chi connectivity index (χ0v) is 12.5. The van der Waals surface area contributed by atoms with Gasteiger partial charge >= 0.3 is 0 Å². The Morgan fingerprint density at radius 2 is 0.500 bits per heavy atom. The maximum absolute atomic E-state index is 2.53. The van der Waals surface area contributed by atoms with Gasteiger partial charge in [-0.05, 0) is 12.8 Å². The molecule has 0 nitrogen and oxygen atoms in total. The molecule has 0 atom stereocenters. The van der Waals surface area contributed by atoms with Crippen molar-refractivity contribution in [2.45, 2.75) is 103 Å². The molecule has 18 heavy (non-hydrogen) atoms. The molecule has 2 radical (unpaired) electrons. The standard InChI is InChI=1S/C18H34/c1-2-4-6-8-10-12-14-16-18-17-15-13-11-9-7-5-3-1/h1,10H,2-9,11-18H2. The van der Waals surface area contributed by atoms with Gasteiger partial charge in [-0.25, -0.2) is 0 Å². The summed E-state index contributed by atoms with van der Waals surface area (Å²) in [4.78, 5) is 0. The third-order valence-electron chi connectivity index (χ3n) is 4.13. The molecule has 1 fully saturated rings. The summed E-state index contributed by atoms with van der Waals surface area (Å²) in [6.45, 7) is 0. The number of hydrogen-bond donors (Lipinski definition) is 0. The van der Waals surface area contributed by atoms with Crippen LogP contribution in [0, 0.1) is 12.8 Å². The summed E-state index contributed by atoms with van der Waals surface area (Å²) in [5, 5.41) is 0. The second-order valence-corrected chi connectivity index (χ2v) is 5.97. The Balaban J connectivity index is 2.00. The minimum atomic E-state index is 1.36. The van der Waals surface area contributed by atoms with Crippen molar-refractivity contribution in [3.05, 3.63) is 12.8 Å². The van der Waals surface area contributed by atoms with Gasteiger partial charge < -0.3 is 0 Å². The molecule has 0 aromatic rings. The van der Waals surface area contributed by atoms with Gasteiger partial charge in [0.2, 0.25) is 0 Å². The van der Waals surface area contributed by atoms with Crippen LogP contribution in [0.4, 0.5) is 0 Å². The van der Waals surface area contributed by atoms with Gasteiger partial charge in [-0.15, -0.1) is 0 Å². The molecule has 0 amide bonds. The molecule has 1 rings (SSSR count). The van der Waals surface area contributed by atoms with Crippen molar-refractivity contribution in [3.63, 3.8) is 0 Å². The Morgan fingerprint density at radius 3 is 0.833 bits per heavy atom. The van der Waals surface area contributed by atoms with Crippen LogP contribution in [0.5, 0.6) is 0 Å². The summed E-state index contributed by atoms with van der Waals surface area (Å²) in [7, 11) is 0. The highest BCUT2D eigenvalue weighted by atomic mass is 14.0. The average molecular weight is 250 g/mol. The van der Waals surface area contributed by atoms with Crippen LogP contribution in [0.2, 0.25) is 0 Å². The highest BCUT2D eigenvalue weighted by molar-refractivity contribution is 4.68. The summed E-state index contributed by atoms with van der Waals surface area (Å²) in [6.07, 6.45) is 28.0. The van der Waals surface area contributed by atoms with Crippen LogP contribution in [-0.4, -0.2) is 0 Å². The van der Waals surface area contributed by atoms with E-state index in [0.717, 1.165) is 0 Å².